The van der Waals surface area contributed by atoms with Crippen molar-refractivity contribution < 1.29 is 0 Å². The van der Waals surface area contributed by atoms with E-state index in [9.17, 15) is 0 Å². The van der Waals surface area contributed by atoms with Crippen LogP contribution in [0.25, 0.3) is 0 Å². The zero-order valence-electron chi connectivity index (χ0n) is 8.33. The summed E-state index contributed by atoms with van der Waals surface area (Å²) in [5.74, 6) is 0.777. The molecule has 3 heteroatoms. The fourth-order valence-corrected chi connectivity index (χ4v) is 3.40. The van der Waals surface area contributed by atoms with Crippen LogP contribution < -0.4 is 5.73 Å². The van der Waals surface area contributed by atoms with E-state index in [-0.39, 0.29) is 5.54 Å². The Morgan fingerprint density at radius 1 is 1.36 bits per heavy atom. The highest BCUT2D eigenvalue weighted by Crippen LogP contribution is 2.44. The van der Waals surface area contributed by atoms with E-state index in [1.54, 1.807) is 0 Å². The summed E-state index contributed by atoms with van der Waals surface area (Å²) in [6.45, 7) is 0. The van der Waals surface area contributed by atoms with Gasteiger partial charge in [0, 0.05) is 11.3 Å². The van der Waals surface area contributed by atoms with Gasteiger partial charge in [0.15, 0.2) is 0 Å². The lowest BCUT2D eigenvalue weighted by molar-refractivity contribution is 0.449. The summed E-state index contributed by atoms with van der Waals surface area (Å²) >= 11 is 1.81. The van der Waals surface area contributed by atoms with Crippen molar-refractivity contribution in [3.63, 3.8) is 0 Å². The molecule has 2 nitrogen and oxygen atoms in total. The molecule has 3 rings (SSSR count). The molecule has 0 spiro atoms. The van der Waals surface area contributed by atoms with E-state index in [1.165, 1.54) is 36.4 Å². The minimum atomic E-state index is -0.0797. The zero-order valence-corrected chi connectivity index (χ0v) is 9.15. The van der Waals surface area contributed by atoms with Crippen molar-refractivity contribution in [2.45, 2.75) is 50.0 Å². The van der Waals surface area contributed by atoms with Gasteiger partial charge in [0.2, 0.25) is 0 Å². The Balaban J connectivity index is 1.87. The van der Waals surface area contributed by atoms with Gasteiger partial charge < -0.3 is 5.73 Å². The number of thiazole rings is 1. The molecule has 2 aliphatic carbocycles. The van der Waals surface area contributed by atoms with Gasteiger partial charge in [-0.25, -0.2) is 4.98 Å². The summed E-state index contributed by atoms with van der Waals surface area (Å²) in [6.07, 6.45) is 7.47. The van der Waals surface area contributed by atoms with Gasteiger partial charge in [-0.15, -0.1) is 11.3 Å². The van der Waals surface area contributed by atoms with Crippen molar-refractivity contribution in [3.05, 3.63) is 16.1 Å². The third kappa shape index (κ3) is 1.39. The van der Waals surface area contributed by atoms with E-state index in [4.69, 9.17) is 10.7 Å². The maximum Gasteiger partial charge on any atom is 0.0960 e. The van der Waals surface area contributed by atoms with Gasteiger partial charge in [-0.2, -0.15) is 0 Å². The van der Waals surface area contributed by atoms with Gasteiger partial charge in [-0.3, -0.25) is 0 Å². The van der Waals surface area contributed by atoms with E-state index in [0.717, 1.165) is 18.8 Å². The van der Waals surface area contributed by atoms with Crippen molar-refractivity contribution in [3.8, 4) is 0 Å². The summed E-state index contributed by atoms with van der Waals surface area (Å²) in [4.78, 5) is 4.72. The first-order valence-electron chi connectivity index (χ1n) is 5.53. The standard InChI is InChI=1S/C11H16N2S/c12-11(5-1-2-6-11)9-7-14-10(13-9)8-3-4-8/h7-8H,1-6,12H2. The average molecular weight is 208 g/mol. The Morgan fingerprint density at radius 2 is 2.07 bits per heavy atom. The Bertz CT molecular complexity index is 335. The first-order chi connectivity index (χ1) is 6.78. The SMILES string of the molecule is NC1(c2csc(C3CC3)n2)CCCC1. The quantitative estimate of drug-likeness (QED) is 0.811. The van der Waals surface area contributed by atoms with Crippen molar-refractivity contribution in [1.29, 1.82) is 0 Å². The second kappa shape index (κ2) is 3.04. The highest BCUT2D eigenvalue weighted by atomic mass is 32.1. The Kier molecular flexibility index (Phi) is 1.92. The maximum atomic E-state index is 6.36. The molecule has 76 valence electrons. The van der Waals surface area contributed by atoms with Crippen LogP contribution in [0.1, 0.15) is 55.1 Å². The van der Waals surface area contributed by atoms with Crippen LogP contribution in [0.2, 0.25) is 0 Å². The van der Waals surface area contributed by atoms with Crippen LogP contribution in [0, 0.1) is 0 Å². The molecule has 1 heterocycles. The zero-order chi connectivity index (χ0) is 9.60. The van der Waals surface area contributed by atoms with Crippen LogP contribution >= 0.6 is 11.3 Å². The molecule has 2 aliphatic rings. The Morgan fingerprint density at radius 3 is 2.71 bits per heavy atom. The topological polar surface area (TPSA) is 38.9 Å². The Labute approximate surface area is 88.5 Å². The molecular weight excluding hydrogens is 192 g/mol. The van der Waals surface area contributed by atoms with Crippen molar-refractivity contribution >= 4 is 11.3 Å². The lowest BCUT2D eigenvalue weighted by atomic mass is 9.96. The molecular formula is C11H16N2S. The predicted molar refractivity (Wildman–Crippen MR) is 58.4 cm³/mol. The lowest BCUT2D eigenvalue weighted by Crippen LogP contribution is -2.33. The second-order valence-electron chi connectivity index (χ2n) is 4.71. The molecule has 0 amide bonds. The van der Waals surface area contributed by atoms with Gasteiger partial charge >= 0.3 is 0 Å². The summed E-state index contributed by atoms with van der Waals surface area (Å²) in [6, 6.07) is 0. The van der Waals surface area contributed by atoms with Gasteiger partial charge in [-0.05, 0) is 25.7 Å². The minimum absolute atomic E-state index is 0.0797. The number of aromatic nitrogens is 1. The minimum Gasteiger partial charge on any atom is -0.320 e. The van der Waals surface area contributed by atoms with Crippen molar-refractivity contribution in [2.24, 2.45) is 5.73 Å². The molecule has 0 saturated heterocycles. The molecule has 0 aromatic carbocycles. The van der Waals surface area contributed by atoms with E-state index < -0.39 is 0 Å². The fraction of sp³-hybridized carbons (Fsp3) is 0.727. The Hall–Kier alpha value is -0.410. The van der Waals surface area contributed by atoms with Crippen molar-refractivity contribution in [1.82, 2.24) is 4.98 Å². The molecule has 0 aliphatic heterocycles. The predicted octanol–water partition coefficient (Wildman–Crippen LogP) is 2.75. The van der Waals surface area contributed by atoms with Gasteiger partial charge in [0.25, 0.3) is 0 Å². The third-order valence-corrected chi connectivity index (χ3v) is 4.46. The maximum absolute atomic E-state index is 6.36. The summed E-state index contributed by atoms with van der Waals surface area (Å²) in [7, 11) is 0. The molecule has 14 heavy (non-hydrogen) atoms. The molecule has 2 fully saturated rings. The molecule has 0 unspecified atom stereocenters. The number of nitrogens with zero attached hydrogens (tertiary/aromatic N) is 1. The van der Waals surface area contributed by atoms with Crippen LogP contribution in [0.3, 0.4) is 0 Å². The van der Waals surface area contributed by atoms with Gasteiger partial charge in [0.05, 0.1) is 16.2 Å². The number of nitrogens with two attached hydrogens (primary N) is 1. The molecule has 0 bridgehead atoms. The van der Waals surface area contributed by atoms with E-state index >= 15 is 0 Å². The summed E-state index contributed by atoms with van der Waals surface area (Å²) < 4.78 is 0. The smallest absolute Gasteiger partial charge is 0.0960 e. The third-order valence-electron chi connectivity index (χ3n) is 3.45. The number of hydrogen-bond acceptors (Lipinski definition) is 3. The van der Waals surface area contributed by atoms with Crippen LogP contribution in [-0.4, -0.2) is 4.98 Å². The molecule has 0 radical (unpaired) electrons. The van der Waals surface area contributed by atoms with Crippen LogP contribution in [-0.2, 0) is 5.54 Å². The number of hydrogen-bond donors (Lipinski definition) is 1. The van der Waals surface area contributed by atoms with Crippen LogP contribution in [0.4, 0.5) is 0 Å². The second-order valence-corrected chi connectivity index (χ2v) is 5.60. The molecule has 1 aromatic rings. The van der Waals surface area contributed by atoms with Gasteiger partial charge in [0.1, 0.15) is 0 Å². The summed E-state index contributed by atoms with van der Waals surface area (Å²) in [5.41, 5.74) is 7.45. The largest absolute Gasteiger partial charge is 0.320 e. The van der Waals surface area contributed by atoms with E-state index in [2.05, 4.69) is 5.38 Å². The van der Waals surface area contributed by atoms with Crippen LogP contribution in [0.5, 0.6) is 0 Å². The molecule has 2 saturated carbocycles. The van der Waals surface area contributed by atoms with E-state index in [1.807, 2.05) is 11.3 Å². The monoisotopic (exact) mass is 208 g/mol. The fourth-order valence-electron chi connectivity index (χ4n) is 2.30. The molecule has 0 atom stereocenters. The van der Waals surface area contributed by atoms with Crippen LogP contribution in [0.15, 0.2) is 5.38 Å². The highest BCUT2D eigenvalue weighted by molar-refractivity contribution is 7.09. The van der Waals surface area contributed by atoms with E-state index in [0.29, 0.717) is 0 Å². The first kappa shape index (κ1) is 8.86. The first-order valence-corrected chi connectivity index (χ1v) is 6.41. The molecule has 2 N–H and O–H groups in total. The molecule has 1 aromatic heterocycles. The average Bonchev–Trinajstić information content (AvgIpc) is 2.75. The van der Waals surface area contributed by atoms with Crippen molar-refractivity contribution in [2.75, 3.05) is 0 Å². The highest BCUT2D eigenvalue weighted by Gasteiger charge is 2.35. The summed E-state index contributed by atoms with van der Waals surface area (Å²) in [5, 5.41) is 3.52. The normalized spacial score (nSPS) is 25.5. The van der Waals surface area contributed by atoms with Gasteiger partial charge in [-0.1, -0.05) is 12.8 Å². The number of rotatable bonds is 2. The lowest BCUT2D eigenvalue weighted by Gasteiger charge is -2.20.